The van der Waals surface area contributed by atoms with Gasteiger partial charge in [-0.2, -0.15) is 4.98 Å². The zero-order valence-corrected chi connectivity index (χ0v) is 22.2. The molecule has 12 heteroatoms. The second kappa shape index (κ2) is 9.32. The number of pyridine rings is 3. The van der Waals surface area contributed by atoms with Gasteiger partial charge < -0.3 is 29.8 Å². The molecule has 10 nitrogen and oxygen atoms in total. The van der Waals surface area contributed by atoms with Gasteiger partial charge in [0.2, 0.25) is 17.2 Å². The van der Waals surface area contributed by atoms with Gasteiger partial charge in [0.05, 0.1) is 40.8 Å². The number of nitrogens with zero attached hydrogens (tertiary/aromatic N) is 4. The molecule has 7 rings (SSSR count). The fourth-order valence-electron chi connectivity index (χ4n) is 5.64. The fourth-order valence-corrected chi connectivity index (χ4v) is 6.06. The number of hydrogen-bond acceptors (Lipinski definition) is 8. The number of nitrogen functional groups attached to an aromatic ring is 1. The summed E-state index contributed by atoms with van der Waals surface area (Å²) in [5.41, 5.74) is 6.18. The van der Waals surface area contributed by atoms with E-state index < -0.39 is 11.4 Å². The summed E-state index contributed by atoms with van der Waals surface area (Å²) in [5, 5.41) is 10.6. The van der Waals surface area contributed by atoms with Crippen molar-refractivity contribution in [2.24, 2.45) is 5.92 Å². The van der Waals surface area contributed by atoms with Crippen molar-refractivity contribution >= 4 is 51.6 Å². The number of carboxylic acid groups (broad SMARTS) is 1. The van der Waals surface area contributed by atoms with Crippen LogP contribution in [0.1, 0.15) is 23.2 Å². The third-order valence-electron chi connectivity index (χ3n) is 7.47. The first kappa shape index (κ1) is 25.3. The number of aromatic carboxylic acids is 1. The summed E-state index contributed by atoms with van der Waals surface area (Å²) in [6.07, 6.45) is 4.62. The van der Waals surface area contributed by atoms with Crippen LogP contribution in [0.15, 0.2) is 53.6 Å². The van der Waals surface area contributed by atoms with Gasteiger partial charge in [0.25, 0.3) is 0 Å². The van der Waals surface area contributed by atoms with Gasteiger partial charge in [0.1, 0.15) is 23.0 Å². The minimum absolute atomic E-state index is 0.185. The molecule has 3 aromatic heterocycles. The molecule has 1 aromatic carbocycles. The molecule has 0 atom stereocenters. The van der Waals surface area contributed by atoms with Crippen molar-refractivity contribution in [1.29, 1.82) is 0 Å². The van der Waals surface area contributed by atoms with E-state index in [1.54, 1.807) is 28.8 Å². The van der Waals surface area contributed by atoms with E-state index in [1.807, 2.05) is 6.07 Å². The number of fused-ring (bicyclic) bond motifs is 2. The number of aromatic nitrogens is 3. The Bertz CT molecular complexity index is 1690. The Hall–Kier alpha value is -4.02. The smallest absolute Gasteiger partial charge is 0.341 e. The first-order valence-corrected chi connectivity index (χ1v) is 12.9. The zero-order valence-electron chi connectivity index (χ0n) is 20.7. The highest BCUT2D eigenvalue weighted by atomic mass is 35.5. The number of methoxy groups -OCH3 is 1. The molecular weight excluding hydrogens is 545 g/mol. The highest BCUT2D eigenvalue weighted by molar-refractivity contribution is 6.34. The average molecular weight is 568 g/mol. The Morgan fingerprint density at radius 2 is 2.00 bits per heavy atom. The van der Waals surface area contributed by atoms with Crippen molar-refractivity contribution < 1.29 is 19.4 Å². The lowest BCUT2D eigenvalue weighted by atomic mass is 9.74. The predicted molar refractivity (Wildman–Crippen MR) is 148 cm³/mol. The summed E-state index contributed by atoms with van der Waals surface area (Å²) in [6.45, 7) is 1.08. The molecule has 0 unspecified atom stereocenters. The standard InChI is InChI=1S/C27H23Cl2N5O5/c1-38-23-5-3-18(28)25(32-23)39-13-27-8-14(9-27)11-34(27)21-7-20-16(6-19(21)29)24(35)17(26(36)37)12-33(20)15-2-4-22(30)31-10-15/h2-7,10,12,14H,8-9,11,13H2,1H3,(H2,30,31)(H,36,37). The summed E-state index contributed by atoms with van der Waals surface area (Å²) in [6, 6.07) is 10.0. The van der Waals surface area contributed by atoms with Crippen LogP contribution in [0.4, 0.5) is 11.5 Å². The Kier molecular flexibility index (Phi) is 6.04. The van der Waals surface area contributed by atoms with Gasteiger partial charge in [-0.3, -0.25) is 4.79 Å². The Labute approximate surface area is 232 Å². The molecule has 0 amide bonds. The van der Waals surface area contributed by atoms with Gasteiger partial charge in [-0.05, 0) is 49.1 Å². The van der Waals surface area contributed by atoms with Crippen LogP contribution in [0.2, 0.25) is 10.0 Å². The predicted octanol–water partition coefficient (Wildman–Crippen LogP) is 4.42. The first-order chi connectivity index (χ1) is 18.7. The van der Waals surface area contributed by atoms with E-state index in [0.29, 0.717) is 45.5 Å². The lowest BCUT2D eigenvalue weighted by Gasteiger charge is -2.43. The molecule has 3 fully saturated rings. The first-order valence-electron chi connectivity index (χ1n) is 12.1. The minimum Gasteiger partial charge on any atom is -0.481 e. The quantitative estimate of drug-likeness (QED) is 0.332. The number of halogens is 2. The number of nitrogens with two attached hydrogens (primary N) is 1. The highest BCUT2D eigenvalue weighted by Gasteiger charge is 2.57. The fraction of sp³-hybridized carbons (Fsp3) is 0.259. The van der Waals surface area contributed by atoms with E-state index in [1.165, 1.54) is 25.6 Å². The highest BCUT2D eigenvalue weighted by Crippen LogP contribution is 2.54. The second-order valence-corrected chi connectivity index (χ2v) is 10.7. The van der Waals surface area contributed by atoms with Crippen LogP contribution >= 0.6 is 23.2 Å². The lowest BCUT2D eigenvalue weighted by Crippen LogP contribution is -2.51. The van der Waals surface area contributed by atoms with E-state index in [9.17, 15) is 14.7 Å². The SMILES string of the molecule is COc1ccc(Cl)c(OCC23CC(CN2c2cc4c(cc2Cl)c(=O)c(C(=O)O)cn4-c2ccc(N)nc2)C3)n1. The van der Waals surface area contributed by atoms with Gasteiger partial charge in [0, 0.05) is 24.2 Å². The number of ether oxygens (including phenoxy) is 2. The van der Waals surface area contributed by atoms with E-state index in [4.69, 9.17) is 38.4 Å². The van der Waals surface area contributed by atoms with Gasteiger partial charge in [0.15, 0.2) is 0 Å². The molecule has 2 aliphatic heterocycles. The number of anilines is 2. The van der Waals surface area contributed by atoms with Crippen LogP contribution in [0.3, 0.4) is 0 Å². The lowest BCUT2D eigenvalue weighted by molar-refractivity contribution is 0.0695. The molecule has 1 aliphatic carbocycles. The molecule has 3 aliphatic rings. The molecule has 4 aromatic rings. The van der Waals surface area contributed by atoms with Crippen LogP contribution in [-0.2, 0) is 0 Å². The maximum absolute atomic E-state index is 13.1. The molecule has 39 heavy (non-hydrogen) atoms. The molecule has 0 spiro atoms. The third kappa shape index (κ3) is 4.20. The number of hydrogen-bond donors (Lipinski definition) is 2. The number of carbonyl (C=O) groups is 1. The van der Waals surface area contributed by atoms with Gasteiger partial charge in [-0.25, -0.2) is 9.78 Å². The van der Waals surface area contributed by atoms with Crippen LogP contribution in [0.5, 0.6) is 11.8 Å². The van der Waals surface area contributed by atoms with Gasteiger partial charge in [-0.15, -0.1) is 0 Å². The third-order valence-corrected chi connectivity index (χ3v) is 8.06. The average Bonchev–Trinajstić information content (AvgIpc) is 3.44. The van der Waals surface area contributed by atoms with Crippen molar-refractivity contribution in [3.63, 3.8) is 0 Å². The van der Waals surface area contributed by atoms with Crippen molar-refractivity contribution in [3.05, 3.63) is 74.6 Å². The monoisotopic (exact) mass is 567 g/mol. The van der Waals surface area contributed by atoms with E-state index >= 15 is 0 Å². The topological polar surface area (TPSA) is 133 Å². The van der Waals surface area contributed by atoms with Crippen molar-refractivity contribution in [2.45, 2.75) is 18.4 Å². The summed E-state index contributed by atoms with van der Waals surface area (Å²) in [4.78, 5) is 35.7. The zero-order chi connectivity index (χ0) is 27.5. The molecule has 5 heterocycles. The van der Waals surface area contributed by atoms with Crippen LogP contribution in [0, 0.1) is 5.92 Å². The van der Waals surface area contributed by atoms with Gasteiger partial charge in [-0.1, -0.05) is 23.2 Å². The summed E-state index contributed by atoms with van der Waals surface area (Å²) in [5.74, 6) is 0.134. The largest absolute Gasteiger partial charge is 0.481 e. The summed E-state index contributed by atoms with van der Waals surface area (Å²) >= 11 is 13.1. The normalized spacial score (nSPS) is 19.7. The Morgan fingerprint density at radius 1 is 1.21 bits per heavy atom. The molecule has 1 saturated carbocycles. The molecule has 3 N–H and O–H groups in total. The maximum atomic E-state index is 13.1. The van der Waals surface area contributed by atoms with E-state index in [0.717, 1.165) is 25.1 Å². The van der Waals surface area contributed by atoms with Crippen molar-refractivity contribution in [2.75, 3.05) is 30.9 Å². The summed E-state index contributed by atoms with van der Waals surface area (Å²) < 4.78 is 12.9. The molecular formula is C27H23Cl2N5O5. The van der Waals surface area contributed by atoms with Gasteiger partial charge >= 0.3 is 5.97 Å². The van der Waals surface area contributed by atoms with Crippen LogP contribution in [-0.4, -0.2) is 51.4 Å². The maximum Gasteiger partial charge on any atom is 0.341 e. The number of rotatable bonds is 7. The van der Waals surface area contributed by atoms with Crippen molar-refractivity contribution in [3.8, 4) is 17.4 Å². The van der Waals surface area contributed by atoms with Crippen molar-refractivity contribution in [1.82, 2.24) is 14.5 Å². The molecule has 200 valence electrons. The summed E-state index contributed by atoms with van der Waals surface area (Å²) in [7, 11) is 1.52. The van der Waals surface area contributed by atoms with Crippen LogP contribution < -0.4 is 25.5 Å². The minimum atomic E-state index is -1.33. The number of carboxylic acids is 1. The molecule has 2 saturated heterocycles. The van der Waals surface area contributed by atoms with Crippen LogP contribution in [0.25, 0.3) is 16.6 Å². The van der Waals surface area contributed by atoms with E-state index in [2.05, 4.69) is 14.9 Å². The Morgan fingerprint density at radius 3 is 2.69 bits per heavy atom. The Balaban J connectivity index is 1.43. The molecule has 0 radical (unpaired) electrons. The van der Waals surface area contributed by atoms with E-state index in [-0.39, 0.29) is 22.4 Å². The molecule has 2 bridgehead atoms. The second-order valence-electron chi connectivity index (χ2n) is 9.85. The number of benzene rings is 1.